The van der Waals surface area contributed by atoms with Crippen molar-refractivity contribution in [1.82, 2.24) is 34.7 Å². The molecular formula is C23H24F2N8O. The van der Waals surface area contributed by atoms with Crippen LogP contribution >= 0.6 is 0 Å². The molecule has 1 aliphatic rings. The Morgan fingerprint density at radius 1 is 1.00 bits per heavy atom. The zero-order valence-corrected chi connectivity index (χ0v) is 18.8. The minimum absolute atomic E-state index is 0.0820. The van der Waals surface area contributed by atoms with Gasteiger partial charge in [0.15, 0.2) is 11.6 Å². The summed E-state index contributed by atoms with van der Waals surface area (Å²) in [5, 5.41) is 12.1. The van der Waals surface area contributed by atoms with Crippen molar-refractivity contribution in [3.05, 3.63) is 60.4 Å². The van der Waals surface area contributed by atoms with Crippen molar-refractivity contribution in [1.29, 1.82) is 0 Å². The maximum atomic E-state index is 13.9. The summed E-state index contributed by atoms with van der Waals surface area (Å²) in [6.45, 7) is 5.96. The molecule has 2 aromatic heterocycles. The molecule has 34 heavy (non-hydrogen) atoms. The average Bonchev–Trinajstić information content (AvgIpc) is 3.48. The Morgan fingerprint density at radius 2 is 1.71 bits per heavy atom. The van der Waals surface area contributed by atoms with Crippen molar-refractivity contribution in [2.75, 3.05) is 31.1 Å². The number of amides is 1. The first kappa shape index (κ1) is 21.9. The summed E-state index contributed by atoms with van der Waals surface area (Å²) in [6.07, 6.45) is 1.48. The quantitative estimate of drug-likeness (QED) is 0.450. The Kier molecular flexibility index (Phi) is 5.68. The molecule has 2 aromatic carbocycles. The minimum Gasteiger partial charge on any atom is -0.337 e. The second-order valence-corrected chi connectivity index (χ2v) is 8.63. The van der Waals surface area contributed by atoms with Gasteiger partial charge < -0.3 is 14.4 Å². The summed E-state index contributed by atoms with van der Waals surface area (Å²) in [7, 11) is 0. The van der Waals surface area contributed by atoms with E-state index in [4.69, 9.17) is 0 Å². The third-order valence-corrected chi connectivity index (χ3v) is 6.13. The summed E-state index contributed by atoms with van der Waals surface area (Å²) in [4.78, 5) is 21.6. The number of anilines is 1. The first-order valence-corrected chi connectivity index (χ1v) is 11.1. The topological polar surface area (TPSA) is 85.0 Å². The third kappa shape index (κ3) is 3.87. The predicted molar refractivity (Wildman–Crippen MR) is 121 cm³/mol. The number of piperazine rings is 1. The molecule has 0 spiro atoms. The minimum atomic E-state index is -0.964. The van der Waals surface area contributed by atoms with Crippen LogP contribution in [-0.2, 0) is 4.79 Å². The van der Waals surface area contributed by atoms with Gasteiger partial charge in [-0.05, 0) is 28.5 Å². The van der Waals surface area contributed by atoms with Gasteiger partial charge in [-0.2, -0.15) is 4.68 Å². The number of fused-ring (bicyclic) bond motifs is 1. The van der Waals surface area contributed by atoms with E-state index < -0.39 is 17.7 Å². The highest BCUT2D eigenvalue weighted by Gasteiger charge is 2.33. The van der Waals surface area contributed by atoms with E-state index in [2.05, 4.69) is 20.5 Å². The zero-order valence-electron chi connectivity index (χ0n) is 18.8. The molecule has 0 aliphatic carbocycles. The van der Waals surface area contributed by atoms with Gasteiger partial charge in [-0.25, -0.2) is 13.8 Å². The van der Waals surface area contributed by atoms with Gasteiger partial charge in [-0.15, -0.1) is 0 Å². The van der Waals surface area contributed by atoms with E-state index in [0.717, 1.165) is 17.8 Å². The van der Waals surface area contributed by atoms with Gasteiger partial charge in [0.1, 0.15) is 6.04 Å². The molecule has 176 valence electrons. The van der Waals surface area contributed by atoms with Crippen LogP contribution in [0.25, 0.3) is 16.7 Å². The monoisotopic (exact) mass is 466 g/mol. The molecule has 1 amide bonds. The molecule has 1 saturated heterocycles. The molecule has 1 unspecified atom stereocenters. The lowest BCUT2D eigenvalue weighted by atomic mass is 10.0. The van der Waals surface area contributed by atoms with Crippen molar-refractivity contribution in [2.45, 2.75) is 19.9 Å². The number of benzene rings is 2. The molecule has 0 saturated carbocycles. The molecule has 5 rings (SSSR count). The van der Waals surface area contributed by atoms with Gasteiger partial charge in [0, 0.05) is 38.3 Å². The fourth-order valence-corrected chi connectivity index (χ4v) is 4.40. The van der Waals surface area contributed by atoms with Crippen molar-refractivity contribution in [3.8, 4) is 5.69 Å². The van der Waals surface area contributed by atoms with Crippen molar-refractivity contribution >= 4 is 22.9 Å². The zero-order chi connectivity index (χ0) is 23.8. The van der Waals surface area contributed by atoms with Crippen molar-refractivity contribution in [3.63, 3.8) is 0 Å². The number of carbonyl (C=O) groups is 1. The number of carbonyl (C=O) groups excluding carboxylic acids is 1. The van der Waals surface area contributed by atoms with E-state index in [1.165, 1.54) is 6.33 Å². The Hall–Kier alpha value is -3.89. The molecule has 0 radical (unpaired) electrons. The van der Waals surface area contributed by atoms with E-state index >= 15 is 0 Å². The highest BCUT2D eigenvalue weighted by molar-refractivity contribution is 5.84. The van der Waals surface area contributed by atoms with Crippen LogP contribution in [0.2, 0.25) is 0 Å². The smallest absolute Gasteiger partial charge is 0.250 e. The van der Waals surface area contributed by atoms with Gasteiger partial charge in [-0.3, -0.25) is 4.79 Å². The van der Waals surface area contributed by atoms with Crippen LogP contribution in [0.4, 0.5) is 14.7 Å². The third-order valence-electron chi connectivity index (χ3n) is 6.13. The Morgan fingerprint density at radius 3 is 2.41 bits per heavy atom. The number of imidazole rings is 1. The fourth-order valence-electron chi connectivity index (χ4n) is 4.40. The number of hydrogen-bond acceptors (Lipinski definition) is 6. The Labute approximate surface area is 194 Å². The second kappa shape index (κ2) is 8.81. The van der Waals surface area contributed by atoms with E-state index in [1.807, 2.05) is 49.1 Å². The van der Waals surface area contributed by atoms with Crippen LogP contribution in [-0.4, -0.2) is 66.7 Å². The number of halogens is 2. The maximum absolute atomic E-state index is 13.9. The first-order valence-electron chi connectivity index (χ1n) is 11.1. The lowest BCUT2D eigenvalue weighted by Crippen LogP contribution is -2.51. The molecular weight excluding hydrogens is 442 g/mol. The number of aromatic nitrogens is 6. The molecule has 4 aromatic rings. The van der Waals surface area contributed by atoms with E-state index in [9.17, 15) is 13.6 Å². The molecule has 0 bridgehead atoms. The van der Waals surface area contributed by atoms with Crippen LogP contribution in [0.15, 0.2) is 48.8 Å². The van der Waals surface area contributed by atoms with Gasteiger partial charge in [0.25, 0.3) is 0 Å². The van der Waals surface area contributed by atoms with Crippen molar-refractivity contribution < 1.29 is 13.6 Å². The van der Waals surface area contributed by atoms with E-state index in [1.54, 1.807) is 14.1 Å². The van der Waals surface area contributed by atoms with Crippen LogP contribution in [0, 0.1) is 17.6 Å². The summed E-state index contributed by atoms with van der Waals surface area (Å²) >= 11 is 0. The van der Waals surface area contributed by atoms with Crippen molar-refractivity contribution in [2.24, 2.45) is 5.92 Å². The largest absolute Gasteiger partial charge is 0.337 e. The van der Waals surface area contributed by atoms with Gasteiger partial charge in [0.05, 0.1) is 23.0 Å². The average molecular weight is 466 g/mol. The number of tetrazole rings is 1. The van der Waals surface area contributed by atoms with E-state index in [0.29, 0.717) is 43.2 Å². The summed E-state index contributed by atoms with van der Waals surface area (Å²) in [5.74, 6) is -1.47. The summed E-state index contributed by atoms with van der Waals surface area (Å²) in [5.41, 5.74) is 1.57. The van der Waals surface area contributed by atoms with Crippen LogP contribution in [0.5, 0.6) is 0 Å². The molecule has 1 aliphatic heterocycles. The van der Waals surface area contributed by atoms with E-state index in [-0.39, 0.29) is 11.8 Å². The lowest BCUT2D eigenvalue weighted by molar-refractivity contribution is -0.136. The Bertz CT molecular complexity index is 1310. The highest BCUT2D eigenvalue weighted by atomic mass is 19.2. The van der Waals surface area contributed by atoms with Gasteiger partial charge in [-0.1, -0.05) is 37.1 Å². The number of nitrogens with zero attached hydrogens (tertiary/aromatic N) is 8. The molecule has 0 N–H and O–H groups in total. The first-order chi connectivity index (χ1) is 16.4. The second-order valence-electron chi connectivity index (χ2n) is 8.63. The van der Waals surface area contributed by atoms with Crippen LogP contribution in [0.1, 0.15) is 19.9 Å². The van der Waals surface area contributed by atoms with Crippen LogP contribution < -0.4 is 4.90 Å². The van der Waals surface area contributed by atoms with Crippen LogP contribution in [0.3, 0.4) is 0 Å². The standard InChI is InChI=1S/C23H24F2N8O/c1-15(2)21(32-14-26-19-12-17(24)18(25)13-20(19)32)22(34)30-8-10-31(11-9-30)23-27-28-29-33(23)16-6-4-3-5-7-16/h3-7,12-15,21H,8-11H2,1-2H3. The lowest BCUT2D eigenvalue weighted by Gasteiger charge is -2.37. The number of rotatable bonds is 5. The SMILES string of the molecule is CC(C)C(C(=O)N1CCN(c2nnnn2-c2ccccc2)CC1)n1cnc2cc(F)c(F)cc21. The number of hydrogen-bond donors (Lipinski definition) is 0. The Balaban J connectivity index is 1.35. The maximum Gasteiger partial charge on any atom is 0.250 e. The number of para-hydroxylation sites is 1. The van der Waals surface area contributed by atoms with Gasteiger partial charge in [0.2, 0.25) is 11.9 Å². The summed E-state index contributed by atoms with van der Waals surface area (Å²) in [6, 6.07) is 11.2. The molecule has 9 nitrogen and oxygen atoms in total. The molecule has 1 atom stereocenters. The molecule has 3 heterocycles. The fraction of sp³-hybridized carbons (Fsp3) is 0.348. The summed E-state index contributed by atoms with van der Waals surface area (Å²) < 4.78 is 30.9. The molecule has 1 fully saturated rings. The highest BCUT2D eigenvalue weighted by Crippen LogP contribution is 2.28. The molecule has 11 heteroatoms. The van der Waals surface area contributed by atoms with Gasteiger partial charge >= 0.3 is 0 Å². The predicted octanol–water partition coefficient (Wildman–Crippen LogP) is 2.84. The normalized spacial score (nSPS) is 15.3.